The molecule has 1 aliphatic carbocycles. The van der Waals surface area contributed by atoms with Gasteiger partial charge in [-0.1, -0.05) is 54.1 Å². The van der Waals surface area contributed by atoms with Crippen molar-refractivity contribution in [2.45, 2.75) is 31.6 Å². The van der Waals surface area contributed by atoms with Crippen molar-refractivity contribution in [3.8, 4) is 0 Å². The summed E-state index contributed by atoms with van der Waals surface area (Å²) in [6.07, 6.45) is 1.70. The lowest BCUT2D eigenvalue weighted by atomic mass is 9.72. The summed E-state index contributed by atoms with van der Waals surface area (Å²) < 4.78 is 0. The van der Waals surface area contributed by atoms with Crippen molar-refractivity contribution in [1.29, 1.82) is 0 Å². The molecule has 0 amide bonds. The molecule has 0 spiro atoms. The van der Waals surface area contributed by atoms with E-state index in [9.17, 15) is 9.90 Å². The minimum atomic E-state index is -0.724. The lowest BCUT2D eigenvalue weighted by Crippen LogP contribution is -2.22. The van der Waals surface area contributed by atoms with Gasteiger partial charge in [-0.3, -0.25) is 4.79 Å². The number of aliphatic carboxylic acids is 1. The maximum Gasteiger partial charge on any atom is 0.310 e. The molecule has 2 nitrogen and oxygen atoms in total. The molecule has 0 bridgehead atoms. The number of carboxylic acids is 1. The Morgan fingerprint density at radius 3 is 2.55 bits per heavy atom. The Morgan fingerprint density at radius 2 is 1.90 bits per heavy atom. The number of fused-ring (bicyclic) bond motifs is 1. The van der Waals surface area contributed by atoms with E-state index in [1.807, 2.05) is 43.3 Å². The summed E-state index contributed by atoms with van der Waals surface area (Å²) in [5, 5.41) is 9.51. The molecule has 0 radical (unpaired) electrons. The molecule has 0 fully saturated rings. The molecule has 2 atom stereocenters. The van der Waals surface area contributed by atoms with E-state index in [0.29, 0.717) is 12.3 Å². The second-order valence-corrected chi connectivity index (χ2v) is 5.64. The molecule has 1 aliphatic rings. The van der Waals surface area contributed by atoms with E-state index in [1.54, 1.807) is 0 Å². The maximum absolute atomic E-state index is 11.6. The van der Waals surface area contributed by atoms with Crippen LogP contribution >= 0.6 is 0 Å². The molecule has 0 heterocycles. The van der Waals surface area contributed by atoms with E-state index < -0.39 is 11.9 Å². The highest BCUT2D eigenvalue weighted by Gasteiger charge is 2.31. The first-order valence-electron chi connectivity index (χ1n) is 7.02. The van der Waals surface area contributed by atoms with Gasteiger partial charge in [0.1, 0.15) is 0 Å². The normalized spacial score (nSPS) is 17.9. The Balaban J connectivity index is 1.80. The molecule has 102 valence electrons. The molecule has 1 N–H and O–H groups in total. The fraction of sp³-hybridized carbons (Fsp3) is 0.278. The summed E-state index contributed by atoms with van der Waals surface area (Å²) in [5.74, 6) is -0.749. The Hall–Kier alpha value is -2.09. The highest BCUT2D eigenvalue weighted by molar-refractivity contribution is 5.76. The third-order valence-electron chi connectivity index (χ3n) is 4.26. The Bertz CT molecular complexity index is 628. The van der Waals surface area contributed by atoms with Gasteiger partial charge in [-0.05, 0) is 42.4 Å². The molecule has 0 aliphatic heterocycles. The minimum Gasteiger partial charge on any atom is -0.481 e. The van der Waals surface area contributed by atoms with Gasteiger partial charge in [0.2, 0.25) is 0 Å². The van der Waals surface area contributed by atoms with E-state index in [1.165, 1.54) is 11.1 Å². The Kier molecular flexibility index (Phi) is 3.31. The third kappa shape index (κ3) is 2.34. The molecule has 0 saturated carbocycles. The van der Waals surface area contributed by atoms with E-state index in [-0.39, 0.29) is 0 Å². The van der Waals surface area contributed by atoms with E-state index in [2.05, 4.69) is 12.1 Å². The van der Waals surface area contributed by atoms with Crippen LogP contribution in [0.1, 0.15) is 40.5 Å². The second kappa shape index (κ2) is 5.12. The summed E-state index contributed by atoms with van der Waals surface area (Å²) >= 11 is 0. The number of hydrogen-bond donors (Lipinski definition) is 1. The highest BCUT2D eigenvalue weighted by Crippen LogP contribution is 2.41. The fourth-order valence-corrected chi connectivity index (χ4v) is 3.04. The van der Waals surface area contributed by atoms with Crippen LogP contribution in [0.2, 0.25) is 0 Å². The topological polar surface area (TPSA) is 37.3 Å². The largest absolute Gasteiger partial charge is 0.481 e. The number of aryl methyl sites for hydroxylation is 1. The molecule has 3 rings (SSSR count). The van der Waals surface area contributed by atoms with Crippen LogP contribution in [-0.4, -0.2) is 11.1 Å². The van der Waals surface area contributed by atoms with Gasteiger partial charge < -0.3 is 5.11 Å². The van der Waals surface area contributed by atoms with Gasteiger partial charge in [-0.2, -0.15) is 0 Å². The molecule has 2 aromatic rings. The third-order valence-corrected chi connectivity index (χ3v) is 4.26. The summed E-state index contributed by atoms with van der Waals surface area (Å²) in [4.78, 5) is 11.6. The zero-order valence-electron chi connectivity index (χ0n) is 11.5. The Morgan fingerprint density at radius 1 is 1.20 bits per heavy atom. The zero-order chi connectivity index (χ0) is 14.1. The predicted molar refractivity (Wildman–Crippen MR) is 79.1 cm³/mol. The lowest BCUT2D eigenvalue weighted by Gasteiger charge is -2.32. The molecule has 0 saturated heterocycles. The van der Waals surface area contributed by atoms with Crippen LogP contribution in [0.25, 0.3) is 0 Å². The van der Waals surface area contributed by atoms with E-state index >= 15 is 0 Å². The van der Waals surface area contributed by atoms with Crippen LogP contribution in [0.3, 0.4) is 0 Å². The quantitative estimate of drug-likeness (QED) is 0.911. The molecule has 2 aromatic carbocycles. The molecule has 0 aromatic heterocycles. The van der Waals surface area contributed by atoms with Crippen LogP contribution in [0, 0.1) is 6.92 Å². The second-order valence-electron chi connectivity index (χ2n) is 5.64. The zero-order valence-corrected chi connectivity index (χ0v) is 11.5. The van der Waals surface area contributed by atoms with Crippen LogP contribution in [-0.2, 0) is 11.2 Å². The molecule has 20 heavy (non-hydrogen) atoms. The summed E-state index contributed by atoms with van der Waals surface area (Å²) in [7, 11) is 0. The van der Waals surface area contributed by atoms with Gasteiger partial charge in [0.15, 0.2) is 0 Å². The van der Waals surface area contributed by atoms with Crippen molar-refractivity contribution in [2.75, 3.05) is 0 Å². The maximum atomic E-state index is 11.6. The summed E-state index contributed by atoms with van der Waals surface area (Å²) in [6.45, 7) is 2.02. The minimum absolute atomic E-state index is 0.383. The van der Waals surface area contributed by atoms with Gasteiger partial charge in [0, 0.05) is 0 Å². The molecule has 2 unspecified atom stereocenters. The monoisotopic (exact) mass is 266 g/mol. The van der Waals surface area contributed by atoms with Crippen LogP contribution < -0.4 is 0 Å². The van der Waals surface area contributed by atoms with Gasteiger partial charge in [-0.25, -0.2) is 0 Å². The fourth-order valence-electron chi connectivity index (χ4n) is 3.04. The van der Waals surface area contributed by atoms with Crippen molar-refractivity contribution < 1.29 is 9.90 Å². The van der Waals surface area contributed by atoms with Crippen molar-refractivity contribution in [2.24, 2.45) is 0 Å². The summed E-state index contributed by atoms with van der Waals surface area (Å²) in [6, 6.07) is 16.2. The molecular formula is C18H18O2. The SMILES string of the molecule is Cc1ccc(C(CC2Cc3ccccc32)C(=O)O)cc1. The molecule has 2 heteroatoms. The molecular weight excluding hydrogens is 248 g/mol. The summed E-state index contributed by atoms with van der Waals surface area (Å²) in [5.41, 5.74) is 4.76. The number of benzene rings is 2. The lowest BCUT2D eigenvalue weighted by molar-refractivity contribution is -0.139. The van der Waals surface area contributed by atoms with E-state index in [0.717, 1.165) is 17.5 Å². The van der Waals surface area contributed by atoms with Gasteiger partial charge in [-0.15, -0.1) is 0 Å². The van der Waals surface area contributed by atoms with Crippen molar-refractivity contribution in [1.82, 2.24) is 0 Å². The van der Waals surface area contributed by atoms with Gasteiger partial charge in [0.25, 0.3) is 0 Å². The number of carbonyl (C=O) groups is 1. The smallest absolute Gasteiger partial charge is 0.310 e. The Labute approximate surface area is 119 Å². The van der Waals surface area contributed by atoms with Crippen LogP contribution in [0.5, 0.6) is 0 Å². The van der Waals surface area contributed by atoms with Crippen molar-refractivity contribution in [3.05, 3.63) is 70.8 Å². The van der Waals surface area contributed by atoms with Gasteiger partial charge in [0.05, 0.1) is 5.92 Å². The average Bonchev–Trinajstić information content (AvgIpc) is 2.41. The average molecular weight is 266 g/mol. The van der Waals surface area contributed by atoms with E-state index in [4.69, 9.17) is 0 Å². The standard InChI is InChI=1S/C18H18O2/c1-12-6-8-13(9-7-12)17(18(19)20)11-15-10-14-4-2-3-5-16(14)15/h2-9,15,17H,10-11H2,1H3,(H,19,20). The van der Waals surface area contributed by atoms with Crippen molar-refractivity contribution in [3.63, 3.8) is 0 Å². The number of hydrogen-bond acceptors (Lipinski definition) is 1. The van der Waals surface area contributed by atoms with Crippen LogP contribution in [0.15, 0.2) is 48.5 Å². The van der Waals surface area contributed by atoms with Crippen LogP contribution in [0.4, 0.5) is 0 Å². The number of rotatable bonds is 4. The number of carboxylic acid groups (broad SMARTS) is 1. The predicted octanol–water partition coefficient (Wildman–Crippen LogP) is 3.89. The van der Waals surface area contributed by atoms with Crippen molar-refractivity contribution >= 4 is 5.97 Å². The first-order chi connectivity index (χ1) is 9.65. The first-order valence-corrected chi connectivity index (χ1v) is 7.02. The highest BCUT2D eigenvalue weighted by atomic mass is 16.4. The van der Waals surface area contributed by atoms with Gasteiger partial charge >= 0.3 is 5.97 Å². The first kappa shape index (κ1) is 12.9.